The zero-order valence-electron chi connectivity index (χ0n) is 20.6. The fourth-order valence-electron chi connectivity index (χ4n) is 4.01. The van der Waals surface area contributed by atoms with Gasteiger partial charge in [-0.2, -0.15) is 0 Å². The highest BCUT2D eigenvalue weighted by Gasteiger charge is 2.37. The molecule has 1 amide bonds. The van der Waals surface area contributed by atoms with E-state index >= 15 is 0 Å². The number of nitrogens with one attached hydrogen (secondary N) is 1. The molecular formula is C25H32F2N4O2Si. The van der Waals surface area contributed by atoms with E-state index in [1.54, 1.807) is 6.07 Å². The minimum atomic E-state index is -1.87. The fraction of sp³-hybridized carbons (Fsp3) is 0.440. The minimum absolute atomic E-state index is 0.00574. The molecule has 1 aromatic carbocycles. The second-order valence-electron chi connectivity index (χ2n) is 10.4. The molecule has 0 unspecified atom stereocenters. The molecule has 6 nitrogen and oxygen atoms in total. The van der Waals surface area contributed by atoms with Gasteiger partial charge in [-0.15, -0.1) is 0 Å². The molecule has 2 aromatic heterocycles. The normalized spacial score (nSPS) is 14.6. The molecule has 0 saturated heterocycles. The number of aryl methyl sites for hydroxylation is 1. The van der Waals surface area contributed by atoms with Crippen LogP contribution in [0.3, 0.4) is 0 Å². The van der Waals surface area contributed by atoms with Crippen LogP contribution >= 0.6 is 0 Å². The van der Waals surface area contributed by atoms with Gasteiger partial charge in [-0.05, 0) is 42.4 Å². The number of anilines is 2. The van der Waals surface area contributed by atoms with Gasteiger partial charge < -0.3 is 19.2 Å². The lowest BCUT2D eigenvalue weighted by molar-refractivity contribution is 0.0709. The van der Waals surface area contributed by atoms with Gasteiger partial charge in [0.2, 0.25) is 0 Å². The lowest BCUT2D eigenvalue weighted by Gasteiger charge is -2.37. The van der Waals surface area contributed by atoms with Crippen LogP contribution in [0.5, 0.6) is 0 Å². The number of benzene rings is 1. The van der Waals surface area contributed by atoms with E-state index < -0.39 is 20.0 Å². The molecule has 0 saturated carbocycles. The Morgan fingerprint density at radius 2 is 1.88 bits per heavy atom. The maximum atomic E-state index is 13.6. The summed E-state index contributed by atoms with van der Waals surface area (Å²) in [5.74, 6) is -1.34. The second kappa shape index (κ2) is 8.78. The summed E-state index contributed by atoms with van der Waals surface area (Å²) in [7, 11) is 0.0304. The van der Waals surface area contributed by atoms with E-state index in [1.807, 2.05) is 22.6 Å². The van der Waals surface area contributed by atoms with Gasteiger partial charge in [-0.3, -0.25) is 4.79 Å². The second-order valence-corrected chi connectivity index (χ2v) is 15.2. The molecule has 0 spiro atoms. The molecule has 9 heteroatoms. The van der Waals surface area contributed by atoms with Crippen molar-refractivity contribution in [2.45, 2.75) is 45.3 Å². The van der Waals surface area contributed by atoms with Crippen LogP contribution in [0.4, 0.5) is 20.3 Å². The molecule has 3 aromatic rings. The monoisotopic (exact) mass is 486 g/mol. The highest BCUT2D eigenvalue weighted by atomic mass is 28.4. The minimum Gasteiger partial charge on any atom is -0.415 e. The molecule has 0 radical (unpaired) electrons. The molecule has 0 atom stereocenters. The summed E-state index contributed by atoms with van der Waals surface area (Å²) in [5, 5.41) is 3.92. The van der Waals surface area contributed by atoms with Crippen LogP contribution in [0.15, 0.2) is 30.3 Å². The summed E-state index contributed by atoms with van der Waals surface area (Å²) in [5.41, 5.74) is 2.71. The summed E-state index contributed by atoms with van der Waals surface area (Å²) in [4.78, 5) is 19.9. The number of halogens is 2. The molecule has 182 valence electrons. The van der Waals surface area contributed by atoms with Crippen molar-refractivity contribution in [3.63, 3.8) is 0 Å². The van der Waals surface area contributed by atoms with E-state index in [1.165, 1.54) is 6.07 Å². The van der Waals surface area contributed by atoms with Gasteiger partial charge in [-0.25, -0.2) is 13.8 Å². The molecule has 0 aliphatic carbocycles. The number of hydrogen-bond acceptors (Lipinski definition) is 4. The summed E-state index contributed by atoms with van der Waals surface area (Å²) in [6.07, 6.45) is 0.736. The standard InChI is InChI=1S/C25H32F2N4O2Si/c1-25(2,3)34(5,6)33-14-13-31-12-11-20-22(24(31)32)17-8-10-21(29-23(17)30(20)4)28-16-7-9-18(26)19(27)15-16/h7-10,15H,11-14H2,1-6H3,(H,28,29). The third kappa shape index (κ3) is 4.46. The quantitative estimate of drug-likeness (QED) is 0.460. The van der Waals surface area contributed by atoms with Crippen LogP contribution in [0.25, 0.3) is 11.0 Å². The van der Waals surface area contributed by atoms with Crippen molar-refractivity contribution in [3.8, 4) is 0 Å². The average Bonchev–Trinajstić information content (AvgIpc) is 3.04. The van der Waals surface area contributed by atoms with Gasteiger partial charge in [0, 0.05) is 49.4 Å². The van der Waals surface area contributed by atoms with Crippen LogP contribution in [-0.2, 0) is 17.9 Å². The molecular weight excluding hydrogens is 454 g/mol. The predicted octanol–water partition coefficient (Wildman–Crippen LogP) is 5.62. The summed E-state index contributed by atoms with van der Waals surface area (Å²) in [6, 6.07) is 7.21. The summed E-state index contributed by atoms with van der Waals surface area (Å²) < 4.78 is 35.0. The maximum Gasteiger partial charge on any atom is 0.256 e. The van der Waals surface area contributed by atoms with Crippen molar-refractivity contribution < 1.29 is 18.0 Å². The molecule has 3 heterocycles. The summed E-state index contributed by atoms with van der Waals surface area (Å²) in [6.45, 7) is 12.8. The topological polar surface area (TPSA) is 59.4 Å². The number of aromatic nitrogens is 2. The molecule has 1 N–H and O–H groups in total. The van der Waals surface area contributed by atoms with Gasteiger partial charge >= 0.3 is 0 Å². The maximum absolute atomic E-state index is 13.6. The smallest absolute Gasteiger partial charge is 0.256 e. The van der Waals surface area contributed by atoms with E-state index in [2.05, 4.69) is 44.2 Å². The van der Waals surface area contributed by atoms with Gasteiger partial charge in [0.05, 0.1) is 12.2 Å². The number of amides is 1. The van der Waals surface area contributed by atoms with Gasteiger partial charge in [0.15, 0.2) is 20.0 Å². The third-order valence-electron chi connectivity index (χ3n) is 7.10. The Bertz CT molecular complexity index is 1250. The summed E-state index contributed by atoms with van der Waals surface area (Å²) >= 11 is 0. The molecule has 4 rings (SSSR count). The van der Waals surface area contributed by atoms with Crippen LogP contribution < -0.4 is 5.32 Å². The Hall–Kier alpha value is -2.78. The van der Waals surface area contributed by atoms with E-state index in [9.17, 15) is 13.6 Å². The van der Waals surface area contributed by atoms with Crippen LogP contribution in [0, 0.1) is 11.6 Å². The number of pyridine rings is 1. The SMILES string of the molecule is Cn1c2c(c3ccc(Nc4ccc(F)c(F)c4)nc31)C(=O)N(CCO[Si](C)(C)C(C)(C)C)CC2. The van der Waals surface area contributed by atoms with Crippen LogP contribution in [-0.4, -0.2) is 48.4 Å². The van der Waals surface area contributed by atoms with Gasteiger partial charge in [0.25, 0.3) is 5.91 Å². The van der Waals surface area contributed by atoms with Crippen molar-refractivity contribution in [2.24, 2.45) is 7.05 Å². The molecule has 0 fully saturated rings. The third-order valence-corrected chi connectivity index (χ3v) is 11.6. The van der Waals surface area contributed by atoms with Crippen molar-refractivity contribution in [1.82, 2.24) is 14.5 Å². The number of fused-ring (bicyclic) bond motifs is 3. The van der Waals surface area contributed by atoms with Crippen LogP contribution in [0.2, 0.25) is 18.1 Å². The highest BCUT2D eigenvalue weighted by Crippen LogP contribution is 2.36. The Morgan fingerprint density at radius 3 is 2.56 bits per heavy atom. The fourth-order valence-corrected chi connectivity index (χ4v) is 5.05. The first-order valence-corrected chi connectivity index (χ1v) is 14.4. The number of rotatable bonds is 6. The number of carbonyl (C=O) groups excluding carboxylic acids is 1. The van der Waals surface area contributed by atoms with E-state index in [0.29, 0.717) is 42.4 Å². The molecule has 34 heavy (non-hydrogen) atoms. The van der Waals surface area contributed by atoms with Gasteiger partial charge in [0.1, 0.15) is 11.5 Å². The number of carbonyl (C=O) groups is 1. The van der Waals surface area contributed by atoms with Crippen molar-refractivity contribution >= 4 is 36.8 Å². The van der Waals surface area contributed by atoms with Crippen molar-refractivity contribution in [2.75, 3.05) is 25.0 Å². The zero-order valence-corrected chi connectivity index (χ0v) is 21.6. The Labute approximate surface area is 200 Å². The first kappa shape index (κ1) is 24.3. The Balaban J connectivity index is 1.54. The predicted molar refractivity (Wildman–Crippen MR) is 133 cm³/mol. The highest BCUT2D eigenvalue weighted by molar-refractivity contribution is 6.74. The number of hydrogen-bond donors (Lipinski definition) is 1. The van der Waals surface area contributed by atoms with Crippen molar-refractivity contribution in [1.29, 1.82) is 0 Å². The largest absolute Gasteiger partial charge is 0.415 e. The Morgan fingerprint density at radius 1 is 1.15 bits per heavy atom. The van der Waals surface area contributed by atoms with Gasteiger partial charge in [-0.1, -0.05) is 20.8 Å². The van der Waals surface area contributed by atoms with E-state index in [4.69, 9.17) is 4.43 Å². The van der Waals surface area contributed by atoms with E-state index in [-0.39, 0.29) is 10.9 Å². The Kier molecular flexibility index (Phi) is 6.28. The van der Waals surface area contributed by atoms with E-state index in [0.717, 1.165) is 29.6 Å². The molecule has 1 aliphatic rings. The first-order chi connectivity index (χ1) is 15.9. The lowest BCUT2D eigenvalue weighted by atomic mass is 10.0. The zero-order chi connectivity index (χ0) is 24.8. The van der Waals surface area contributed by atoms with Crippen LogP contribution in [0.1, 0.15) is 36.8 Å². The lowest BCUT2D eigenvalue weighted by Crippen LogP contribution is -2.45. The first-order valence-electron chi connectivity index (χ1n) is 11.5. The number of nitrogens with zero attached hydrogens (tertiary/aromatic N) is 3. The molecule has 0 bridgehead atoms. The van der Waals surface area contributed by atoms with Crippen molar-refractivity contribution in [3.05, 3.63) is 53.2 Å². The average molecular weight is 487 g/mol. The molecule has 1 aliphatic heterocycles.